The van der Waals surface area contributed by atoms with Crippen LogP contribution in [0.15, 0.2) is 77.7 Å². The number of benzene rings is 3. The summed E-state index contributed by atoms with van der Waals surface area (Å²) in [5, 5.41) is 6.40. The molecule has 0 radical (unpaired) electrons. The van der Waals surface area contributed by atoms with Gasteiger partial charge in [-0.2, -0.15) is 0 Å². The van der Waals surface area contributed by atoms with Gasteiger partial charge in [0.2, 0.25) is 0 Å². The van der Waals surface area contributed by atoms with Crippen molar-refractivity contribution in [3.63, 3.8) is 0 Å². The lowest BCUT2D eigenvalue weighted by atomic mass is 9.95. The third-order valence-electron chi connectivity index (χ3n) is 5.61. The molecule has 5 nitrogen and oxygen atoms in total. The Labute approximate surface area is 197 Å². The van der Waals surface area contributed by atoms with Crippen LogP contribution in [-0.2, 0) is 0 Å². The summed E-state index contributed by atoms with van der Waals surface area (Å²) in [5.41, 5.74) is 2.10. The molecule has 1 aliphatic rings. The minimum Gasteiger partial charge on any atom is -0.382 e. The number of nitrogens with one attached hydrogen (secondary N) is 3. The molecule has 0 aliphatic heterocycles. The molecule has 0 heterocycles. The Hall–Kier alpha value is -3.32. The summed E-state index contributed by atoms with van der Waals surface area (Å²) in [6.45, 7) is 0. The van der Waals surface area contributed by atoms with E-state index in [0.717, 1.165) is 37.6 Å². The number of carbonyl (C=O) groups is 2. The highest BCUT2D eigenvalue weighted by Crippen LogP contribution is 2.26. The molecule has 1 fully saturated rings. The normalized spacial score (nSPS) is 13.8. The first-order valence-corrected chi connectivity index (χ1v) is 11.9. The summed E-state index contributed by atoms with van der Waals surface area (Å²) in [4.78, 5) is 26.2. The van der Waals surface area contributed by atoms with Gasteiger partial charge in [-0.15, -0.1) is 0 Å². The minimum absolute atomic E-state index is 0.295. The topological polar surface area (TPSA) is 70.2 Å². The average molecular weight is 464 g/mol. The molecular weight excluding hydrogens is 437 g/mol. The highest BCUT2D eigenvalue weighted by Gasteiger charge is 2.20. The van der Waals surface area contributed by atoms with E-state index in [4.69, 9.17) is 0 Å². The van der Waals surface area contributed by atoms with Crippen molar-refractivity contribution in [3.8, 4) is 0 Å². The van der Waals surface area contributed by atoms with Crippen LogP contribution in [0.3, 0.4) is 0 Å². The third kappa shape index (κ3) is 6.14. The second kappa shape index (κ2) is 11.0. The van der Waals surface area contributed by atoms with Crippen molar-refractivity contribution >= 4 is 35.1 Å². The van der Waals surface area contributed by atoms with Gasteiger partial charge < -0.3 is 10.6 Å². The molecule has 0 saturated heterocycles. The fourth-order valence-electron chi connectivity index (χ4n) is 3.87. The highest BCUT2D eigenvalue weighted by molar-refractivity contribution is 7.98. The molecular formula is C26H26FN3O2S. The second-order valence-electron chi connectivity index (χ2n) is 8.02. The van der Waals surface area contributed by atoms with E-state index in [1.54, 1.807) is 36.4 Å². The lowest BCUT2D eigenvalue weighted by molar-refractivity contribution is 0.0984. The van der Waals surface area contributed by atoms with Gasteiger partial charge in [0, 0.05) is 23.0 Å². The van der Waals surface area contributed by atoms with Crippen LogP contribution in [0.2, 0.25) is 0 Å². The number of hydrogen-bond acceptors (Lipinski definition) is 4. The van der Waals surface area contributed by atoms with Gasteiger partial charge >= 0.3 is 0 Å². The van der Waals surface area contributed by atoms with E-state index < -0.39 is 11.7 Å². The van der Waals surface area contributed by atoms with Crippen LogP contribution in [0.1, 0.15) is 52.8 Å². The first-order chi connectivity index (χ1) is 16.1. The van der Waals surface area contributed by atoms with Crippen LogP contribution in [0.25, 0.3) is 0 Å². The summed E-state index contributed by atoms with van der Waals surface area (Å²) < 4.78 is 16.5. The quantitative estimate of drug-likeness (QED) is 0.362. The Bertz CT molecular complexity index is 1120. The van der Waals surface area contributed by atoms with Gasteiger partial charge in [0.05, 0.1) is 10.5 Å². The van der Waals surface area contributed by atoms with Crippen LogP contribution in [0.5, 0.6) is 0 Å². The molecule has 2 amide bonds. The molecule has 0 unspecified atom stereocenters. The Morgan fingerprint density at radius 3 is 2.33 bits per heavy atom. The van der Waals surface area contributed by atoms with Crippen LogP contribution < -0.4 is 15.4 Å². The summed E-state index contributed by atoms with van der Waals surface area (Å²) in [6.07, 6.45) is 5.68. The molecule has 4 rings (SSSR count). The van der Waals surface area contributed by atoms with Gasteiger partial charge in [-0.05, 0) is 67.3 Å². The molecule has 3 aromatic rings. The SMILES string of the molecule is O=C(NSc1ccccc1F)c1ccc(NC2CCCCC2)c(C(=O)Nc2ccccc2)c1. The van der Waals surface area contributed by atoms with E-state index in [1.807, 2.05) is 30.3 Å². The van der Waals surface area contributed by atoms with Gasteiger partial charge in [0.25, 0.3) is 11.8 Å². The highest BCUT2D eigenvalue weighted by atomic mass is 32.2. The van der Waals surface area contributed by atoms with E-state index in [-0.39, 0.29) is 5.91 Å². The summed E-state index contributed by atoms with van der Waals surface area (Å²) in [6, 6.07) is 20.8. The number of amides is 2. The van der Waals surface area contributed by atoms with E-state index in [2.05, 4.69) is 15.4 Å². The van der Waals surface area contributed by atoms with Crippen LogP contribution in [-0.4, -0.2) is 17.9 Å². The maximum atomic E-state index is 13.9. The Kier molecular flexibility index (Phi) is 7.62. The van der Waals surface area contributed by atoms with Gasteiger partial charge in [0.1, 0.15) is 5.82 Å². The van der Waals surface area contributed by atoms with E-state index in [0.29, 0.717) is 33.4 Å². The maximum absolute atomic E-state index is 13.9. The molecule has 3 N–H and O–H groups in total. The van der Waals surface area contributed by atoms with Crippen molar-refractivity contribution in [3.05, 3.63) is 89.7 Å². The number of halogens is 1. The molecule has 3 aromatic carbocycles. The molecule has 1 aliphatic carbocycles. The Morgan fingerprint density at radius 2 is 1.58 bits per heavy atom. The number of anilines is 2. The van der Waals surface area contributed by atoms with Crippen LogP contribution in [0.4, 0.5) is 15.8 Å². The Balaban J connectivity index is 1.55. The smallest absolute Gasteiger partial charge is 0.261 e. The minimum atomic E-state index is -0.405. The molecule has 1 saturated carbocycles. The Morgan fingerprint density at radius 1 is 0.848 bits per heavy atom. The lowest BCUT2D eigenvalue weighted by Gasteiger charge is -2.25. The molecule has 0 atom stereocenters. The lowest BCUT2D eigenvalue weighted by Crippen LogP contribution is -2.25. The average Bonchev–Trinajstić information content (AvgIpc) is 2.85. The predicted octanol–water partition coefficient (Wildman–Crippen LogP) is 6.26. The fourth-order valence-corrected chi connectivity index (χ4v) is 4.51. The fraction of sp³-hybridized carbons (Fsp3) is 0.231. The van der Waals surface area contributed by atoms with Crippen molar-refractivity contribution in [1.29, 1.82) is 0 Å². The molecule has 0 spiro atoms. The summed E-state index contributed by atoms with van der Waals surface area (Å²) in [7, 11) is 0. The maximum Gasteiger partial charge on any atom is 0.261 e. The number of rotatable bonds is 7. The van der Waals surface area contributed by atoms with Gasteiger partial charge in [-0.25, -0.2) is 4.39 Å². The van der Waals surface area contributed by atoms with Crippen molar-refractivity contribution in [2.24, 2.45) is 0 Å². The zero-order chi connectivity index (χ0) is 23.0. The van der Waals surface area contributed by atoms with E-state index >= 15 is 0 Å². The first kappa shape index (κ1) is 22.9. The zero-order valence-corrected chi connectivity index (χ0v) is 19.0. The van der Waals surface area contributed by atoms with E-state index in [1.165, 1.54) is 12.5 Å². The van der Waals surface area contributed by atoms with Crippen LogP contribution >= 0.6 is 11.9 Å². The molecule has 33 heavy (non-hydrogen) atoms. The summed E-state index contributed by atoms with van der Waals surface area (Å²) >= 11 is 0.909. The van der Waals surface area contributed by atoms with Crippen molar-refractivity contribution < 1.29 is 14.0 Å². The molecule has 0 bridgehead atoms. The first-order valence-electron chi connectivity index (χ1n) is 11.1. The van der Waals surface area contributed by atoms with Crippen molar-refractivity contribution in [1.82, 2.24) is 4.72 Å². The number of para-hydroxylation sites is 1. The predicted molar refractivity (Wildman–Crippen MR) is 131 cm³/mol. The van der Waals surface area contributed by atoms with Crippen LogP contribution in [0, 0.1) is 5.82 Å². The van der Waals surface area contributed by atoms with E-state index in [9.17, 15) is 14.0 Å². The second-order valence-corrected chi connectivity index (χ2v) is 8.87. The number of carbonyl (C=O) groups excluding carboxylic acids is 2. The van der Waals surface area contributed by atoms with Crippen molar-refractivity contribution in [2.75, 3.05) is 10.6 Å². The molecule has 7 heteroatoms. The van der Waals surface area contributed by atoms with Gasteiger partial charge in [-0.3, -0.25) is 14.3 Å². The third-order valence-corrected chi connectivity index (χ3v) is 6.45. The van der Waals surface area contributed by atoms with Gasteiger partial charge in [0.15, 0.2) is 0 Å². The zero-order valence-electron chi connectivity index (χ0n) is 18.1. The summed E-state index contributed by atoms with van der Waals surface area (Å²) in [5.74, 6) is -1.10. The standard InChI is InChI=1S/C26H26FN3O2S/c27-22-13-7-8-14-24(22)33-30-25(31)18-15-16-23(28-19-9-3-1-4-10-19)21(17-18)26(32)29-20-11-5-2-6-12-20/h2,5-8,11-17,19,28H,1,3-4,9-10H2,(H,29,32)(H,30,31). The number of hydrogen-bond donors (Lipinski definition) is 3. The van der Waals surface area contributed by atoms with Gasteiger partial charge in [-0.1, -0.05) is 49.6 Å². The largest absolute Gasteiger partial charge is 0.382 e. The monoisotopic (exact) mass is 463 g/mol. The van der Waals surface area contributed by atoms with Crippen molar-refractivity contribution in [2.45, 2.75) is 43.0 Å². The molecule has 170 valence electrons. The molecule has 0 aromatic heterocycles.